The van der Waals surface area contributed by atoms with E-state index < -0.39 is 0 Å². The van der Waals surface area contributed by atoms with Gasteiger partial charge in [0, 0.05) is 16.8 Å². The SMILES string of the molecule is COc1ccc2c(c1)C(Br)CC(C)(C)O2. The zero-order valence-electron chi connectivity index (χ0n) is 9.21. The van der Waals surface area contributed by atoms with Gasteiger partial charge in [-0.1, -0.05) is 15.9 Å². The second-order valence-electron chi connectivity index (χ2n) is 4.44. The van der Waals surface area contributed by atoms with Crippen LogP contribution in [0.2, 0.25) is 0 Å². The molecule has 82 valence electrons. The van der Waals surface area contributed by atoms with Gasteiger partial charge in [-0.3, -0.25) is 0 Å². The Morgan fingerprint density at radius 1 is 1.47 bits per heavy atom. The zero-order chi connectivity index (χ0) is 11.1. The van der Waals surface area contributed by atoms with Crippen LogP contribution >= 0.6 is 15.9 Å². The third-order valence-electron chi connectivity index (χ3n) is 2.61. The van der Waals surface area contributed by atoms with Gasteiger partial charge in [0.2, 0.25) is 0 Å². The molecule has 1 atom stereocenters. The molecule has 1 aromatic rings. The summed E-state index contributed by atoms with van der Waals surface area (Å²) < 4.78 is 11.1. The summed E-state index contributed by atoms with van der Waals surface area (Å²) in [5.74, 6) is 1.83. The first kappa shape index (κ1) is 10.8. The minimum Gasteiger partial charge on any atom is -0.497 e. The topological polar surface area (TPSA) is 18.5 Å². The third kappa shape index (κ3) is 2.12. The van der Waals surface area contributed by atoms with Gasteiger partial charge in [-0.25, -0.2) is 0 Å². The van der Waals surface area contributed by atoms with Gasteiger partial charge in [0.1, 0.15) is 17.1 Å². The summed E-state index contributed by atoms with van der Waals surface area (Å²) >= 11 is 3.69. The Morgan fingerprint density at radius 3 is 2.87 bits per heavy atom. The Hall–Kier alpha value is -0.700. The molecule has 1 aliphatic rings. The van der Waals surface area contributed by atoms with E-state index in [2.05, 4.69) is 29.8 Å². The molecular formula is C12H15BrO2. The predicted molar refractivity (Wildman–Crippen MR) is 64.0 cm³/mol. The highest BCUT2D eigenvalue weighted by Gasteiger charge is 2.32. The van der Waals surface area contributed by atoms with E-state index >= 15 is 0 Å². The summed E-state index contributed by atoms with van der Waals surface area (Å²) in [5, 5.41) is 0. The standard InChI is InChI=1S/C12H15BrO2/c1-12(2)7-10(13)9-6-8(14-3)4-5-11(9)15-12/h4-6,10H,7H2,1-3H3. The quantitative estimate of drug-likeness (QED) is 0.725. The van der Waals surface area contributed by atoms with E-state index in [0.29, 0.717) is 4.83 Å². The minimum absolute atomic E-state index is 0.101. The number of methoxy groups -OCH3 is 1. The van der Waals surface area contributed by atoms with Gasteiger partial charge in [-0.05, 0) is 32.0 Å². The van der Waals surface area contributed by atoms with Crippen LogP contribution in [0.5, 0.6) is 11.5 Å². The Kier molecular flexibility index (Phi) is 2.67. The number of halogens is 1. The monoisotopic (exact) mass is 270 g/mol. The van der Waals surface area contributed by atoms with Crippen molar-refractivity contribution in [3.05, 3.63) is 23.8 Å². The molecule has 1 aromatic carbocycles. The highest BCUT2D eigenvalue weighted by atomic mass is 79.9. The second-order valence-corrected chi connectivity index (χ2v) is 5.54. The number of alkyl halides is 1. The number of benzene rings is 1. The molecule has 3 heteroatoms. The Morgan fingerprint density at radius 2 is 2.20 bits per heavy atom. The number of hydrogen-bond acceptors (Lipinski definition) is 2. The molecule has 0 radical (unpaired) electrons. The van der Waals surface area contributed by atoms with Gasteiger partial charge in [0.05, 0.1) is 7.11 Å². The largest absolute Gasteiger partial charge is 0.497 e. The molecule has 0 fully saturated rings. The third-order valence-corrected chi connectivity index (χ3v) is 3.43. The van der Waals surface area contributed by atoms with Crippen molar-refractivity contribution in [1.82, 2.24) is 0 Å². The lowest BCUT2D eigenvalue weighted by Crippen LogP contribution is -2.33. The number of ether oxygens (including phenoxy) is 2. The van der Waals surface area contributed by atoms with E-state index in [9.17, 15) is 0 Å². The normalized spacial score (nSPS) is 22.8. The van der Waals surface area contributed by atoms with E-state index in [1.807, 2.05) is 18.2 Å². The lowest BCUT2D eigenvalue weighted by atomic mass is 9.94. The molecule has 0 bridgehead atoms. The van der Waals surface area contributed by atoms with Crippen molar-refractivity contribution in [3.8, 4) is 11.5 Å². The average molecular weight is 271 g/mol. The molecular weight excluding hydrogens is 256 g/mol. The summed E-state index contributed by atoms with van der Waals surface area (Å²) in [6, 6.07) is 5.94. The van der Waals surface area contributed by atoms with E-state index in [4.69, 9.17) is 9.47 Å². The number of rotatable bonds is 1. The van der Waals surface area contributed by atoms with E-state index in [1.165, 1.54) is 5.56 Å². The van der Waals surface area contributed by atoms with Crippen LogP contribution in [-0.2, 0) is 0 Å². The number of fused-ring (bicyclic) bond motifs is 1. The van der Waals surface area contributed by atoms with Crippen molar-refractivity contribution in [2.75, 3.05) is 7.11 Å². The molecule has 0 aromatic heterocycles. The fraction of sp³-hybridized carbons (Fsp3) is 0.500. The molecule has 1 heterocycles. The maximum absolute atomic E-state index is 5.90. The van der Waals surface area contributed by atoms with Gasteiger partial charge in [-0.15, -0.1) is 0 Å². The fourth-order valence-electron chi connectivity index (χ4n) is 1.87. The molecule has 0 N–H and O–H groups in total. The summed E-state index contributed by atoms with van der Waals surface area (Å²) in [5.41, 5.74) is 1.07. The van der Waals surface area contributed by atoms with Gasteiger partial charge >= 0.3 is 0 Å². The predicted octanol–water partition coefficient (Wildman–Crippen LogP) is 3.69. The molecule has 2 rings (SSSR count). The van der Waals surface area contributed by atoms with Gasteiger partial charge in [0.15, 0.2) is 0 Å². The Labute approximate surface area is 98.7 Å². The van der Waals surface area contributed by atoms with Gasteiger partial charge in [-0.2, -0.15) is 0 Å². The van der Waals surface area contributed by atoms with Crippen LogP contribution in [0.4, 0.5) is 0 Å². The highest BCUT2D eigenvalue weighted by Crippen LogP contribution is 2.45. The van der Waals surface area contributed by atoms with Crippen LogP contribution in [0.15, 0.2) is 18.2 Å². The average Bonchev–Trinajstić information content (AvgIpc) is 2.15. The van der Waals surface area contributed by atoms with Crippen LogP contribution in [-0.4, -0.2) is 12.7 Å². The lowest BCUT2D eigenvalue weighted by Gasteiger charge is -2.35. The van der Waals surface area contributed by atoms with E-state index in [1.54, 1.807) is 7.11 Å². The van der Waals surface area contributed by atoms with E-state index in [-0.39, 0.29) is 5.60 Å². The van der Waals surface area contributed by atoms with Crippen molar-refractivity contribution in [2.24, 2.45) is 0 Å². The highest BCUT2D eigenvalue weighted by molar-refractivity contribution is 9.09. The Bertz CT molecular complexity index is 374. The molecule has 2 nitrogen and oxygen atoms in total. The maximum atomic E-state index is 5.90. The van der Waals surface area contributed by atoms with Crippen LogP contribution in [0.1, 0.15) is 30.7 Å². The van der Waals surface area contributed by atoms with Crippen molar-refractivity contribution in [1.29, 1.82) is 0 Å². The molecule has 0 spiro atoms. The molecule has 15 heavy (non-hydrogen) atoms. The first-order chi connectivity index (χ1) is 7.02. The first-order valence-electron chi connectivity index (χ1n) is 5.03. The summed E-state index contributed by atoms with van der Waals surface area (Å²) in [6.45, 7) is 4.21. The molecule has 0 amide bonds. The van der Waals surface area contributed by atoms with Crippen molar-refractivity contribution in [2.45, 2.75) is 30.7 Å². The van der Waals surface area contributed by atoms with E-state index in [0.717, 1.165) is 17.9 Å². The van der Waals surface area contributed by atoms with Crippen molar-refractivity contribution in [3.63, 3.8) is 0 Å². The lowest BCUT2D eigenvalue weighted by molar-refractivity contribution is 0.0840. The molecule has 0 saturated heterocycles. The fourth-order valence-corrected chi connectivity index (χ4v) is 3.01. The maximum Gasteiger partial charge on any atom is 0.124 e. The zero-order valence-corrected chi connectivity index (χ0v) is 10.8. The van der Waals surface area contributed by atoms with Crippen LogP contribution < -0.4 is 9.47 Å². The Balaban J connectivity index is 2.41. The minimum atomic E-state index is -0.101. The van der Waals surface area contributed by atoms with Gasteiger partial charge in [0.25, 0.3) is 0 Å². The molecule has 1 unspecified atom stereocenters. The second kappa shape index (κ2) is 3.71. The molecule has 1 aliphatic heterocycles. The number of hydrogen-bond donors (Lipinski definition) is 0. The molecule has 0 saturated carbocycles. The summed E-state index contributed by atoms with van der Waals surface area (Å²) in [7, 11) is 1.68. The molecule has 0 aliphatic carbocycles. The van der Waals surface area contributed by atoms with Gasteiger partial charge < -0.3 is 9.47 Å². The van der Waals surface area contributed by atoms with Crippen molar-refractivity contribution < 1.29 is 9.47 Å². The summed E-state index contributed by atoms with van der Waals surface area (Å²) in [6.07, 6.45) is 0.965. The first-order valence-corrected chi connectivity index (χ1v) is 5.94. The van der Waals surface area contributed by atoms with Crippen LogP contribution in [0.25, 0.3) is 0 Å². The van der Waals surface area contributed by atoms with Crippen LogP contribution in [0.3, 0.4) is 0 Å². The summed E-state index contributed by atoms with van der Waals surface area (Å²) in [4.78, 5) is 0.339. The van der Waals surface area contributed by atoms with Crippen molar-refractivity contribution >= 4 is 15.9 Å². The van der Waals surface area contributed by atoms with Crippen LogP contribution in [0, 0.1) is 0 Å². The smallest absolute Gasteiger partial charge is 0.124 e.